The summed E-state index contributed by atoms with van der Waals surface area (Å²) >= 11 is 12.2. The van der Waals surface area contributed by atoms with Gasteiger partial charge in [0, 0.05) is 5.02 Å². The molecule has 0 saturated heterocycles. The van der Waals surface area contributed by atoms with E-state index < -0.39 is 28.1 Å². The van der Waals surface area contributed by atoms with E-state index in [1.165, 1.54) is 12.1 Å². The van der Waals surface area contributed by atoms with Gasteiger partial charge in [-0.1, -0.05) is 42.3 Å². The van der Waals surface area contributed by atoms with E-state index in [0.29, 0.717) is 16.5 Å². The van der Waals surface area contributed by atoms with Crippen LogP contribution < -0.4 is 19.1 Å². The first-order chi connectivity index (χ1) is 14.2. The molecule has 1 heterocycles. The highest BCUT2D eigenvalue weighted by Crippen LogP contribution is 2.33. The predicted molar refractivity (Wildman–Crippen MR) is 117 cm³/mol. The predicted octanol–water partition coefficient (Wildman–Crippen LogP) is 3.49. The van der Waals surface area contributed by atoms with Crippen LogP contribution in [0.15, 0.2) is 42.5 Å². The van der Waals surface area contributed by atoms with Gasteiger partial charge in [-0.25, -0.2) is 8.42 Å². The van der Waals surface area contributed by atoms with Crippen molar-refractivity contribution in [2.75, 3.05) is 23.7 Å². The van der Waals surface area contributed by atoms with Gasteiger partial charge in [0.2, 0.25) is 15.9 Å². The first kappa shape index (κ1) is 22.5. The molecule has 7 nitrogen and oxygen atoms in total. The van der Waals surface area contributed by atoms with E-state index in [2.05, 4.69) is 5.32 Å². The Morgan fingerprint density at radius 2 is 1.93 bits per heavy atom. The van der Waals surface area contributed by atoms with Crippen LogP contribution in [-0.4, -0.2) is 45.9 Å². The third kappa shape index (κ3) is 5.11. The lowest BCUT2D eigenvalue weighted by atomic mass is 10.2. The molecule has 162 valence electrons. The maximum atomic E-state index is 12.9. The summed E-state index contributed by atoms with van der Waals surface area (Å²) in [4.78, 5) is 12.9. The fourth-order valence-electron chi connectivity index (χ4n) is 3.19. The number of benzene rings is 2. The highest BCUT2D eigenvalue weighted by Gasteiger charge is 2.33. The molecule has 2 aromatic rings. The van der Waals surface area contributed by atoms with Gasteiger partial charge in [-0.05, 0) is 36.8 Å². The largest absolute Gasteiger partial charge is 0.486 e. The Hall–Kier alpha value is -2.16. The summed E-state index contributed by atoms with van der Waals surface area (Å²) in [7, 11) is -3.82. The van der Waals surface area contributed by atoms with Crippen molar-refractivity contribution in [3.63, 3.8) is 0 Å². The van der Waals surface area contributed by atoms with Crippen LogP contribution in [0.2, 0.25) is 10.0 Å². The average Bonchev–Trinajstić information content (AvgIpc) is 2.71. The Morgan fingerprint density at radius 1 is 1.23 bits per heavy atom. The number of ether oxygens (including phenoxy) is 2. The molecule has 0 bridgehead atoms. The zero-order chi connectivity index (χ0) is 21.9. The number of anilines is 1. The van der Waals surface area contributed by atoms with Gasteiger partial charge in [0.25, 0.3) is 0 Å². The van der Waals surface area contributed by atoms with E-state index >= 15 is 0 Å². The van der Waals surface area contributed by atoms with Crippen LogP contribution in [0, 0.1) is 0 Å². The van der Waals surface area contributed by atoms with Crippen LogP contribution in [0.4, 0.5) is 5.69 Å². The molecule has 1 amide bonds. The summed E-state index contributed by atoms with van der Waals surface area (Å²) in [6, 6.07) is 10.7. The van der Waals surface area contributed by atoms with Gasteiger partial charge >= 0.3 is 0 Å². The van der Waals surface area contributed by atoms with E-state index in [-0.39, 0.29) is 30.3 Å². The van der Waals surface area contributed by atoms with E-state index in [4.69, 9.17) is 32.7 Å². The molecule has 2 unspecified atom stereocenters. The fraction of sp³-hybridized carbons (Fsp3) is 0.350. The van der Waals surface area contributed by atoms with E-state index in [0.717, 1.165) is 10.6 Å². The molecule has 0 fully saturated rings. The summed E-state index contributed by atoms with van der Waals surface area (Å²) in [5.41, 5.74) is 0.153. The lowest BCUT2D eigenvalue weighted by molar-refractivity contribution is -0.122. The second-order valence-electron chi connectivity index (χ2n) is 6.82. The Balaban J connectivity index is 1.76. The molecule has 1 aliphatic heterocycles. The molecule has 3 rings (SSSR count). The molecule has 1 aliphatic rings. The summed E-state index contributed by atoms with van der Waals surface area (Å²) in [5, 5.41) is 3.25. The van der Waals surface area contributed by atoms with E-state index in [9.17, 15) is 13.2 Å². The number of hydrogen-bond donors (Lipinski definition) is 1. The smallest absolute Gasteiger partial charge is 0.244 e. The summed E-state index contributed by atoms with van der Waals surface area (Å²) in [5.74, 6) is 0.769. The summed E-state index contributed by atoms with van der Waals surface area (Å²) in [6.45, 7) is 2.14. The van der Waals surface area contributed by atoms with Crippen molar-refractivity contribution >= 4 is 44.8 Å². The number of carbonyl (C=O) groups excluding carboxylic acids is 1. The lowest BCUT2D eigenvalue weighted by Crippen LogP contribution is -2.51. The molecule has 0 spiro atoms. The molecule has 2 aromatic carbocycles. The number of sulfonamides is 1. The van der Waals surface area contributed by atoms with Crippen molar-refractivity contribution in [1.29, 1.82) is 0 Å². The van der Waals surface area contributed by atoms with Crippen molar-refractivity contribution in [2.45, 2.75) is 25.5 Å². The van der Waals surface area contributed by atoms with Crippen LogP contribution in [-0.2, 0) is 14.8 Å². The molecule has 1 N–H and O–H groups in total. The number of rotatable bonds is 7. The van der Waals surface area contributed by atoms with Crippen molar-refractivity contribution in [3.05, 3.63) is 52.5 Å². The molecule has 0 saturated carbocycles. The van der Waals surface area contributed by atoms with Crippen molar-refractivity contribution in [3.8, 4) is 11.5 Å². The minimum atomic E-state index is -3.82. The first-order valence-electron chi connectivity index (χ1n) is 9.31. The second kappa shape index (κ2) is 9.32. The number of amides is 1. The van der Waals surface area contributed by atoms with Crippen LogP contribution in [0.5, 0.6) is 11.5 Å². The quantitative estimate of drug-likeness (QED) is 0.666. The number of nitrogens with zero attached hydrogens (tertiary/aromatic N) is 1. The van der Waals surface area contributed by atoms with Gasteiger partial charge in [0.05, 0.1) is 23.5 Å². The number of para-hydroxylation sites is 2. The highest BCUT2D eigenvalue weighted by molar-refractivity contribution is 7.92. The van der Waals surface area contributed by atoms with Crippen LogP contribution in [0.3, 0.4) is 0 Å². The average molecular weight is 473 g/mol. The normalized spacial score (nSPS) is 16.6. The third-order valence-corrected chi connectivity index (χ3v) is 6.27. The number of halogens is 2. The van der Waals surface area contributed by atoms with Crippen LogP contribution in [0.25, 0.3) is 0 Å². The van der Waals surface area contributed by atoms with Crippen molar-refractivity contribution in [2.24, 2.45) is 0 Å². The van der Waals surface area contributed by atoms with Gasteiger partial charge in [0.1, 0.15) is 18.8 Å². The molecule has 0 aliphatic carbocycles. The van der Waals surface area contributed by atoms with E-state index in [1.54, 1.807) is 25.1 Å². The number of carbonyl (C=O) groups is 1. The number of hydrogen-bond acceptors (Lipinski definition) is 5. The topological polar surface area (TPSA) is 84.9 Å². The Bertz CT molecular complexity index is 1030. The molecule has 30 heavy (non-hydrogen) atoms. The molecular weight excluding hydrogens is 451 g/mol. The van der Waals surface area contributed by atoms with Gasteiger partial charge < -0.3 is 14.8 Å². The maximum Gasteiger partial charge on any atom is 0.244 e. The van der Waals surface area contributed by atoms with Gasteiger partial charge in [-0.2, -0.15) is 0 Å². The van der Waals surface area contributed by atoms with E-state index in [1.807, 2.05) is 12.1 Å². The highest BCUT2D eigenvalue weighted by atomic mass is 35.5. The van der Waals surface area contributed by atoms with Crippen LogP contribution >= 0.6 is 23.2 Å². The third-order valence-electron chi connectivity index (χ3n) is 4.55. The zero-order valence-electron chi connectivity index (χ0n) is 16.5. The fourth-order valence-corrected chi connectivity index (χ4v) is 4.83. The zero-order valence-corrected chi connectivity index (χ0v) is 18.8. The number of fused-ring (bicyclic) bond motifs is 1. The maximum absolute atomic E-state index is 12.9. The Kier molecular flexibility index (Phi) is 7.00. The van der Waals surface area contributed by atoms with Crippen molar-refractivity contribution < 1.29 is 22.7 Å². The number of nitrogens with one attached hydrogen (secondary N) is 1. The Morgan fingerprint density at radius 3 is 2.60 bits per heavy atom. The monoisotopic (exact) mass is 472 g/mol. The first-order valence-corrected chi connectivity index (χ1v) is 11.9. The van der Waals surface area contributed by atoms with Gasteiger partial charge in [-0.3, -0.25) is 9.10 Å². The molecule has 10 heteroatoms. The van der Waals surface area contributed by atoms with Crippen LogP contribution in [0.1, 0.15) is 13.3 Å². The summed E-state index contributed by atoms with van der Waals surface area (Å²) in [6.07, 6.45) is 0.852. The minimum absolute atomic E-state index is 0.153. The molecular formula is C20H22Cl2N2O5S. The SMILES string of the molecule is CCC(C(=O)NCC1COc2ccccc2O1)N(c1cc(Cl)ccc1Cl)S(C)(=O)=O. The molecule has 0 aromatic heterocycles. The molecule has 0 radical (unpaired) electrons. The Labute approximate surface area is 185 Å². The summed E-state index contributed by atoms with van der Waals surface area (Å²) < 4.78 is 37.6. The van der Waals surface area contributed by atoms with Gasteiger partial charge in [-0.15, -0.1) is 0 Å². The lowest BCUT2D eigenvalue weighted by Gasteiger charge is -2.32. The molecule has 2 atom stereocenters. The minimum Gasteiger partial charge on any atom is -0.486 e. The standard InChI is InChI=1S/C20H22Cl2N2O5S/c1-3-16(24(30(2,26)27)17-10-13(21)8-9-15(17)22)20(25)23-11-14-12-28-18-6-4-5-7-19(18)29-14/h4-10,14,16H,3,11-12H2,1-2H3,(H,23,25). The van der Waals surface area contributed by atoms with Crippen molar-refractivity contribution in [1.82, 2.24) is 5.32 Å². The van der Waals surface area contributed by atoms with Gasteiger partial charge in [0.15, 0.2) is 11.5 Å². The second-order valence-corrected chi connectivity index (χ2v) is 9.52.